The minimum absolute atomic E-state index is 0.215. The number of carbonyl (C=O) groups excluding carboxylic acids is 2. The Morgan fingerprint density at radius 2 is 1.88 bits per heavy atom. The fourth-order valence-corrected chi connectivity index (χ4v) is 3.31. The molecule has 0 aliphatic rings. The van der Waals surface area contributed by atoms with E-state index in [2.05, 4.69) is 10.3 Å². The number of thiophene rings is 1. The molecule has 1 N–H and O–H groups in total. The summed E-state index contributed by atoms with van der Waals surface area (Å²) < 4.78 is 33.9. The second kappa shape index (κ2) is 6.80. The lowest BCUT2D eigenvalue weighted by atomic mass is 10.1. The Morgan fingerprint density at radius 1 is 1.19 bits per heavy atom. The van der Waals surface area contributed by atoms with E-state index in [9.17, 15) is 18.4 Å². The molecule has 0 fully saturated rings. The molecule has 0 bridgehead atoms. The predicted molar refractivity (Wildman–Crippen MR) is 94.1 cm³/mol. The smallest absolute Gasteiger partial charge is 0.330 e. The van der Waals surface area contributed by atoms with E-state index in [4.69, 9.17) is 4.74 Å². The van der Waals surface area contributed by atoms with Gasteiger partial charge in [-0.3, -0.25) is 14.6 Å². The summed E-state index contributed by atoms with van der Waals surface area (Å²) in [6.07, 6.45) is 3.11. The lowest BCUT2D eigenvalue weighted by molar-refractivity contribution is -0.141. The zero-order chi connectivity index (χ0) is 18.9. The van der Waals surface area contributed by atoms with Crippen LogP contribution in [0.1, 0.15) is 22.2 Å². The van der Waals surface area contributed by atoms with Crippen molar-refractivity contribution < 1.29 is 23.1 Å². The average molecular weight is 376 g/mol. The molecule has 3 aromatic rings. The molecule has 0 aliphatic carbocycles. The van der Waals surface area contributed by atoms with Gasteiger partial charge in [0.2, 0.25) is 5.78 Å². The standard InChI is InChI=1S/C18H14F2N2O3S/c1-10(23)18(19,20)11-3-5-12(6-4-11)25-14-8-22-9-16-13(14)7-15(26-16)17(24)21-2/h3-9H,1-2H3,(H,21,24). The van der Waals surface area contributed by atoms with Crippen molar-refractivity contribution in [3.05, 3.63) is 53.2 Å². The van der Waals surface area contributed by atoms with E-state index in [0.717, 1.165) is 23.8 Å². The summed E-state index contributed by atoms with van der Waals surface area (Å²) in [5.74, 6) is -4.25. The number of rotatable bonds is 5. The van der Waals surface area contributed by atoms with Crippen molar-refractivity contribution in [2.24, 2.45) is 0 Å². The summed E-state index contributed by atoms with van der Waals surface area (Å²) in [6, 6.07) is 6.70. The highest BCUT2D eigenvalue weighted by Crippen LogP contribution is 2.35. The van der Waals surface area contributed by atoms with Crippen molar-refractivity contribution in [3.63, 3.8) is 0 Å². The molecule has 8 heteroatoms. The van der Waals surface area contributed by atoms with Crippen LogP contribution in [0.3, 0.4) is 0 Å². The molecule has 1 aromatic carbocycles. The van der Waals surface area contributed by atoms with Crippen LogP contribution in [0.15, 0.2) is 42.7 Å². The van der Waals surface area contributed by atoms with Crippen molar-refractivity contribution in [1.82, 2.24) is 10.3 Å². The SMILES string of the molecule is CNC(=O)c1cc2c(Oc3ccc(C(F)(F)C(C)=O)cc3)cncc2s1. The minimum atomic E-state index is -3.53. The summed E-state index contributed by atoms with van der Waals surface area (Å²) in [6.45, 7) is 0.845. The van der Waals surface area contributed by atoms with Gasteiger partial charge in [0, 0.05) is 31.1 Å². The number of aromatic nitrogens is 1. The topological polar surface area (TPSA) is 68.3 Å². The maximum absolute atomic E-state index is 13.7. The molecule has 0 saturated heterocycles. The molecule has 0 spiro atoms. The molecule has 0 saturated carbocycles. The Kier molecular flexibility index (Phi) is 4.69. The molecule has 5 nitrogen and oxygen atoms in total. The van der Waals surface area contributed by atoms with Gasteiger partial charge in [-0.25, -0.2) is 0 Å². The number of benzene rings is 1. The molecule has 3 rings (SSSR count). The minimum Gasteiger partial charge on any atom is -0.455 e. The molecular formula is C18H14F2N2O3S. The molecular weight excluding hydrogens is 362 g/mol. The van der Waals surface area contributed by atoms with E-state index in [0.29, 0.717) is 21.8 Å². The summed E-state index contributed by atoms with van der Waals surface area (Å²) >= 11 is 1.27. The number of amides is 1. The van der Waals surface area contributed by atoms with Crippen LogP contribution in [-0.4, -0.2) is 23.7 Å². The van der Waals surface area contributed by atoms with Gasteiger partial charge in [0.05, 0.1) is 15.8 Å². The second-order valence-corrected chi connectivity index (χ2v) is 6.58. The first-order chi connectivity index (χ1) is 12.3. The van der Waals surface area contributed by atoms with Crippen molar-refractivity contribution >= 4 is 33.1 Å². The first-order valence-corrected chi connectivity index (χ1v) is 8.41. The molecule has 0 unspecified atom stereocenters. The third-order valence-electron chi connectivity index (χ3n) is 3.75. The number of hydrogen-bond acceptors (Lipinski definition) is 5. The Balaban J connectivity index is 1.90. The van der Waals surface area contributed by atoms with Gasteiger partial charge in [-0.05, 0) is 30.3 Å². The number of pyridine rings is 1. The van der Waals surface area contributed by atoms with Gasteiger partial charge < -0.3 is 10.1 Å². The first-order valence-electron chi connectivity index (χ1n) is 7.60. The van der Waals surface area contributed by atoms with Gasteiger partial charge in [0.1, 0.15) is 5.75 Å². The number of Topliss-reactive ketones (excluding diaryl/α,β-unsaturated/α-hetero) is 1. The van der Waals surface area contributed by atoms with Gasteiger partial charge in [-0.2, -0.15) is 8.78 Å². The zero-order valence-electron chi connectivity index (χ0n) is 13.9. The number of carbonyl (C=O) groups is 2. The van der Waals surface area contributed by atoms with Crippen LogP contribution in [0.25, 0.3) is 10.1 Å². The van der Waals surface area contributed by atoms with E-state index < -0.39 is 17.3 Å². The summed E-state index contributed by atoms with van der Waals surface area (Å²) in [7, 11) is 1.54. The molecule has 26 heavy (non-hydrogen) atoms. The third kappa shape index (κ3) is 3.28. The van der Waals surface area contributed by atoms with Crippen molar-refractivity contribution in [2.75, 3.05) is 7.05 Å². The highest BCUT2D eigenvalue weighted by Gasteiger charge is 2.37. The van der Waals surface area contributed by atoms with Crippen LogP contribution in [0.4, 0.5) is 8.78 Å². The third-order valence-corrected chi connectivity index (χ3v) is 4.82. The molecule has 0 atom stereocenters. The van der Waals surface area contributed by atoms with Gasteiger partial charge in [-0.15, -0.1) is 11.3 Å². The van der Waals surface area contributed by atoms with Gasteiger partial charge in [0.25, 0.3) is 5.91 Å². The largest absolute Gasteiger partial charge is 0.455 e. The summed E-state index contributed by atoms with van der Waals surface area (Å²) in [4.78, 5) is 27.4. The van der Waals surface area contributed by atoms with Gasteiger partial charge >= 0.3 is 5.92 Å². The van der Waals surface area contributed by atoms with E-state index in [1.54, 1.807) is 19.3 Å². The molecule has 0 radical (unpaired) electrons. The van der Waals surface area contributed by atoms with Gasteiger partial charge in [0.15, 0.2) is 5.75 Å². The van der Waals surface area contributed by atoms with E-state index in [1.807, 2.05) is 0 Å². The van der Waals surface area contributed by atoms with Crippen LogP contribution in [-0.2, 0) is 10.7 Å². The molecule has 2 aromatic heterocycles. The van der Waals surface area contributed by atoms with Crippen molar-refractivity contribution in [2.45, 2.75) is 12.8 Å². The number of halogens is 2. The summed E-state index contributed by atoms with van der Waals surface area (Å²) in [5, 5.41) is 3.25. The number of hydrogen-bond donors (Lipinski definition) is 1. The lowest BCUT2D eigenvalue weighted by Gasteiger charge is -2.13. The average Bonchev–Trinajstić information content (AvgIpc) is 3.06. The fraction of sp³-hybridized carbons (Fsp3) is 0.167. The molecule has 2 heterocycles. The Hall–Kier alpha value is -2.87. The number of alkyl halides is 2. The summed E-state index contributed by atoms with van der Waals surface area (Å²) in [5.41, 5.74) is -0.397. The van der Waals surface area contributed by atoms with E-state index >= 15 is 0 Å². The van der Waals surface area contributed by atoms with Crippen molar-refractivity contribution in [1.29, 1.82) is 0 Å². The quantitative estimate of drug-likeness (QED) is 0.727. The van der Waals surface area contributed by atoms with Crippen LogP contribution in [0, 0.1) is 0 Å². The van der Waals surface area contributed by atoms with Crippen LogP contribution >= 0.6 is 11.3 Å². The number of fused-ring (bicyclic) bond motifs is 1. The highest BCUT2D eigenvalue weighted by molar-refractivity contribution is 7.20. The molecule has 0 aliphatic heterocycles. The lowest BCUT2D eigenvalue weighted by Crippen LogP contribution is -2.22. The second-order valence-electron chi connectivity index (χ2n) is 5.50. The maximum atomic E-state index is 13.7. The van der Waals surface area contributed by atoms with Crippen LogP contribution in [0.2, 0.25) is 0 Å². The zero-order valence-corrected chi connectivity index (χ0v) is 14.7. The van der Waals surface area contributed by atoms with Crippen molar-refractivity contribution in [3.8, 4) is 11.5 Å². The first kappa shape index (κ1) is 17.9. The predicted octanol–water partition coefficient (Wildman–Crippen LogP) is 4.13. The number of ketones is 1. The normalized spacial score (nSPS) is 11.4. The van der Waals surface area contributed by atoms with Crippen LogP contribution < -0.4 is 10.1 Å². The Morgan fingerprint density at radius 3 is 2.50 bits per heavy atom. The number of nitrogens with one attached hydrogen (secondary N) is 1. The molecule has 1 amide bonds. The maximum Gasteiger partial charge on any atom is 0.330 e. The van der Waals surface area contributed by atoms with E-state index in [1.165, 1.54) is 29.7 Å². The Labute approximate surface area is 151 Å². The van der Waals surface area contributed by atoms with Gasteiger partial charge in [-0.1, -0.05) is 0 Å². The number of nitrogens with zero attached hydrogens (tertiary/aromatic N) is 1. The molecule has 134 valence electrons. The van der Waals surface area contributed by atoms with E-state index in [-0.39, 0.29) is 5.91 Å². The van der Waals surface area contributed by atoms with Crippen LogP contribution in [0.5, 0.6) is 11.5 Å². The fourth-order valence-electron chi connectivity index (χ4n) is 2.31. The monoisotopic (exact) mass is 376 g/mol. The number of ether oxygens (including phenoxy) is 1. The Bertz CT molecular complexity index is 984. The highest BCUT2D eigenvalue weighted by atomic mass is 32.1.